The molecule has 1 amide bonds. The van der Waals surface area contributed by atoms with Crippen LogP contribution in [-0.4, -0.2) is 47.7 Å². The van der Waals surface area contributed by atoms with Gasteiger partial charge in [-0.2, -0.15) is 5.10 Å². The molecule has 27 heavy (non-hydrogen) atoms. The smallest absolute Gasteiger partial charge is 0.227 e. The quantitative estimate of drug-likeness (QED) is 0.743. The molecule has 1 aromatic rings. The fourth-order valence-corrected chi connectivity index (χ4v) is 6.12. The average Bonchev–Trinajstić information content (AvgIpc) is 3.13. The molecule has 1 aliphatic heterocycles. The van der Waals surface area contributed by atoms with Crippen molar-refractivity contribution in [1.29, 1.82) is 0 Å². The molecule has 2 N–H and O–H groups in total. The van der Waals surface area contributed by atoms with E-state index in [1.165, 1.54) is 12.8 Å². The Kier molecular flexibility index (Phi) is 5.55. The number of aromatic amines is 1. The molecule has 3 fully saturated rings. The number of piperidine rings is 1. The Balaban J connectivity index is 1.40. The number of nitrogens with zero attached hydrogens (tertiary/aromatic N) is 2. The summed E-state index contributed by atoms with van der Waals surface area (Å²) in [5.74, 6) is 1.10. The van der Waals surface area contributed by atoms with E-state index in [0.717, 1.165) is 50.6 Å². The van der Waals surface area contributed by atoms with Crippen LogP contribution >= 0.6 is 0 Å². The monoisotopic (exact) mass is 394 g/mol. The van der Waals surface area contributed by atoms with Gasteiger partial charge in [0.2, 0.25) is 15.9 Å². The molecular weight excluding hydrogens is 364 g/mol. The third-order valence-corrected chi connectivity index (χ3v) is 8.19. The average molecular weight is 395 g/mol. The van der Waals surface area contributed by atoms with Gasteiger partial charge < -0.3 is 5.32 Å². The van der Waals surface area contributed by atoms with E-state index < -0.39 is 10.0 Å². The van der Waals surface area contributed by atoms with Crippen LogP contribution in [0.15, 0.2) is 6.20 Å². The van der Waals surface area contributed by atoms with Gasteiger partial charge in [-0.25, -0.2) is 12.7 Å². The SMILES string of the molecule is O=C(Nc1cn[nH]c1[C@H]1CCCN(S(=O)(=O)CCC2CC2)C1)C1CCCC1. The van der Waals surface area contributed by atoms with E-state index in [4.69, 9.17) is 0 Å². The summed E-state index contributed by atoms with van der Waals surface area (Å²) >= 11 is 0. The number of sulfonamides is 1. The van der Waals surface area contributed by atoms with Crippen LogP contribution in [0.1, 0.15) is 69.4 Å². The zero-order chi connectivity index (χ0) is 18.9. The minimum atomic E-state index is -3.20. The second kappa shape index (κ2) is 7.91. The van der Waals surface area contributed by atoms with Crippen LogP contribution in [0.25, 0.3) is 0 Å². The Morgan fingerprint density at radius 1 is 1.19 bits per heavy atom. The van der Waals surface area contributed by atoms with Crippen LogP contribution in [-0.2, 0) is 14.8 Å². The summed E-state index contributed by atoms with van der Waals surface area (Å²) in [4.78, 5) is 12.5. The highest BCUT2D eigenvalue weighted by atomic mass is 32.2. The minimum Gasteiger partial charge on any atom is -0.323 e. The zero-order valence-electron chi connectivity index (χ0n) is 15.8. The number of hydrogen-bond acceptors (Lipinski definition) is 4. The van der Waals surface area contributed by atoms with Gasteiger partial charge in [-0.3, -0.25) is 9.89 Å². The highest BCUT2D eigenvalue weighted by Crippen LogP contribution is 2.35. The summed E-state index contributed by atoms with van der Waals surface area (Å²) in [5.41, 5.74) is 1.58. The molecule has 0 bridgehead atoms. The molecule has 0 spiro atoms. The highest BCUT2D eigenvalue weighted by molar-refractivity contribution is 7.89. The molecule has 0 aromatic carbocycles. The molecule has 3 aliphatic rings. The maximum atomic E-state index is 12.7. The molecule has 0 radical (unpaired) electrons. The van der Waals surface area contributed by atoms with E-state index >= 15 is 0 Å². The molecule has 2 aliphatic carbocycles. The lowest BCUT2D eigenvalue weighted by Crippen LogP contribution is -2.40. The van der Waals surface area contributed by atoms with E-state index in [1.807, 2.05) is 0 Å². The van der Waals surface area contributed by atoms with Crippen LogP contribution in [0, 0.1) is 11.8 Å². The van der Waals surface area contributed by atoms with Gasteiger partial charge in [0.05, 0.1) is 23.3 Å². The summed E-state index contributed by atoms with van der Waals surface area (Å²) in [6.07, 6.45) is 10.7. The Morgan fingerprint density at radius 2 is 1.96 bits per heavy atom. The van der Waals surface area contributed by atoms with Crippen LogP contribution < -0.4 is 5.32 Å². The van der Waals surface area contributed by atoms with Crippen molar-refractivity contribution in [2.75, 3.05) is 24.2 Å². The number of carbonyl (C=O) groups is 1. The molecule has 2 saturated carbocycles. The van der Waals surface area contributed by atoms with Gasteiger partial charge in [-0.15, -0.1) is 0 Å². The zero-order valence-corrected chi connectivity index (χ0v) is 16.6. The normalized spacial score (nSPS) is 25.0. The Bertz CT molecular complexity index is 766. The summed E-state index contributed by atoms with van der Waals surface area (Å²) in [6, 6.07) is 0. The van der Waals surface area contributed by atoms with Gasteiger partial charge in [0.25, 0.3) is 0 Å². The lowest BCUT2D eigenvalue weighted by Gasteiger charge is -2.32. The van der Waals surface area contributed by atoms with Gasteiger partial charge in [0.15, 0.2) is 0 Å². The molecule has 0 unspecified atom stereocenters. The number of anilines is 1. The second-order valence-corrected chi connectivity index (χ2v) is 10.5. The lowest BCUT2D eigenvalue weighted by atomic mass is 9.95. The first-order valence-corrected chi connectivity index (χ1v) is 12.0. The van der Waals surface area contributed by atoms with Crippen molar-refractivity contribution >= 4 is 21.6 Å². The summed E-state index contributed by atoms with van der Waals surface area (Å²) in [7, 11) is -3.20. The van der Waals surface area contributed by atoms with Crippen molar-refractivity contribution < 1.29 is 13.2 Å². The first-order chi connectivity index (χ1) is 13.0. The summed E-state index contributed by atoms with van der Waals surface area (Å²) in [5, 5.41) is 10.2. The van der Waals surface area contributed by atoms with E-state index in [1.54, 1.807) is 10.5 Å². The van der Waals surface area contributed by atoms with Gasteiger partial charge >= 0.3 is 0 Å². The third-order valence-electron chi connectivity index (χ3n) is 6.32. The first kappa shape index (κ1) is 18.9. The van der Waals surface area contributed by atoms with Crippen molar-refractivity contribution in [1.82, 2.24) is 14.5 Å². The standard InChI is InChI=1S/C19H30N4O3S/c24-19(15-4-1-2-5-15)21-17-12-20-22-18(17)16-6-3-10-23(13-16)27(25,26)11-9-14-7-8-14/h12,14-16H,1-11,13H2,(H,20,22)(H,21,24)/t16-/m0/s1. The molecule has 7 nitrogen and oxygen atoms in total. The molecule has 2 heterocycles. The molecule has 1 saturated heterocycles. The van der Waals surface area contributed by atoms with Crippen molar-refractivity contribution in [2.24, 2.45) is 11.8 Å². The van der Waals surface area contributed by atoms with Crippen molar-refractivity contribution in [3.8, 4) is 0 Å². The van der Waals surface area contributed by atoms with Gasteiger partial charge in [0, 0.05) is 24.9 Å². The molecule has 1 atom stereocenters. The molecule has 4 rings (SSSR count). The summed E-state index contributed by atoms with van der Waals surface area (Å²) < 4.78 is 27.0. The number of nitrogens with one attached hydrogen (secondary N) is 2. The van der Waals surface area contributed by atoms with E-state index in [2.05, 4.69) is 15.5 Å². The maximum absolute atomic E-state index is 12.7. The number of hydrogen-bond donors (Lipinski definition) is 2. The van der Waals surface area contributed by atoms with Crippen LogP contribution in [0.4, 0.5) is 5.69 Å². The predicted molar refractivity (Wildman–Crippen MR) is 104 cm³/mol. The fourth-order valence-electron chi connectivity index (χ4n) is 4.41. The third kappa shape index (κ3) is 4.54. The largest absolute Gasteiger partial charge is 0.323 e. The van der Waals surface area contributed by atoms with Crippen LogP contribution in [0.5, 0.6) is 0 Å². The van der Waals surface area contributed by atoms with Gasteiger partial charge in [-0.1, -0.05) is 25.7 Å². The van der Waals surface area contributed by atoms with E-state index in [-0.39, 0.29) is 23.5 Å². The maximum Gasteiger partial charge on any atom is 0.227 e. The lowest BCUT2D eigenvalue weighted by molar-refractivity contribution is -0.119. The van der Waals surface area contributed by atoms with Crippen LogP contribution in [0.3, 0.4) is 0 Å². The molecule has 150 valence electrons. The van der Waals surface area contributed by atoms with Crippen molar-refractivity contribution in [2.45, 2.75) is 63.7 Å². The molecule has 8 heteroatoms. The highest BCUT2D eigenvalue weighted by Gasteiger charge is 2.33. The second-order valence-electron chi connectivity index (χ2n) is 8.41. The number of rotatable bonds is 7. The molecule has 1 aromatic heterocycles. The number of H-pyrrole nitrogens is 1. The number of aromatic nitrogens is 2. The topological polar surface area (TPSA) is 95.2 Å². The Hall–Kier alpha value is -1.41. The van der Waals surface area contributed by atoms with E-state index in [9.17, 15) is 13.2 Å². The predicted octanol–water partition coefficient (Wildman–Crippen LogP) is 2.85. The van der Waals surface area contributed by atoms with Crippen molar-refractivity contribution in [3.05, 3.63) is 11.9 Å². The molecular formula is C19H30N4O3S. The summed E-state index contributed by atoms with van der Waals surface area (Å²) in [6.45, 7) is 1.07. The van der Waals surface area contributed by atoms with Crippen LogP contribution in [0.2, 0.25) is 0 Å². The first-order valence-electron chi connectivity index (χ1n) is 10.3. The Labute approximate surface area is 161 Å². The van der Waals surface area contributed by atoms with Gasteiger partial charge in [-0.05, 0) is 38.0 Å². The number of carbonyl (C=O) groups excluding carboxylic acids is 1. The van der Waals surface area contributed by atoms with Gasteiger partial charge in [0.1, 0.15) is 0 Å². The van der Waals surface area contributed by atoms with Crippen molar-refractivity contribution in [3.63, 3.8) is 0 Å². The van der Waals surface area contributed by atoms with E-state index in [0.29, 0.717) is 24.7 Å². The fraction of sp³-hybridized carbons (Fsp3) is 0.789. The Morgan fingerprint density at radius 3 is 2.70 bits per heavy atom. The minimum absolute atomic E-state index is 0.0517. The number of amides is 1.